The predicted molar refractivity (Wildman–Crippen MR) is 228 cm³/mol. The van der Waals surface area contributed by atoms with Crippen LogP contribution in [0.2, 0.25) is 0 Å². The van der Waals surface area contributed by atoms with Gasteiger partial charge in [0, 0.05) is 62.3 Å². The quantitative estimate of drug-likeness (QED) is 0.0286. The molecule has 0 saturated carbocycles. The number of guanidine groups is 2. The lowest BCUT2D eigenvalue weighted by Crippen LogP contribution is -2.23. The maximum Gasteiger partial charge on any atom is 0.274 e. The van der Waals surface area contributed by atoms with Crippen LogP contribution in [0.3, 0.4) is 0 Å². The summed E-state index contributed by atoms with van der Waals surface area (Å²) in [6.07, 6.45) is 4.95. The van der Waals surface area contributed by atoms with Crippen molar-refractivity contribution in [3.05, 3.63) is 65.5 Å². The molecule has 0 fully saturated rings. The summed E-state index contributed by atoms with van der Waals surface area (Å²) in [5.74, 6) is -0.334. The van der Waals surface area contributed by atoms with Gasteiger partial charge in [-0.05, 0) is 68.0 Å². The molecule has 0 unspecified atom stereocenters. The molecule has 302 valence electrons. The molecule has 17 nitrogen and oxygen atoms in total. The average Bonchev–Trinajstić information content (AvgIpc) is 3.16. The third-order valence-electron chi connectivity index (χ3n) is 7.86. The zero-order valence-corrected chi connectivity index (χ0v) is 33.2. The van der Waals surface area contributed by atoms with Gasteiger partial charge < -0.3 is 55.7 Å². The van der Waals surface area contributed by atoms with E-state index in [0.717, 1.165) is 0 Å². The van der Waals surface area contributed by atoms with E-state index >= 15 is 0 Å². The van der Waals surface area contributed by atoms with Gasteiger partial charge in [0.1, 0.15) is 5.69 Å². The Kier molecular flexibility index (Phi) is 19.5. The second-order valence-electron chi connectivity index (χ2n) is 12.3. The number of nitrogens with two attached hydrogens (primary N) is 6. The molecule has 0 atom stereocenters. The average molecular weight is 808 g/mol. The molecule has 19 heteroatoms. The normalized spacial score (nSPS) is 10.6. The largest absolute Gasteiger partial charge is 0.370 e. The third-order valence-corrected chi connectivity index (χ3v) is 10.2. The van der Waals surface area contributed by atoms with E-state index < -0.39 is 11.8 Å². The number of pyridine rings is 1. The van der Waals surface area contributed by atoms with Crippen molar-refractivity contribution < 1.29 is 19.2 Å². The van der Waals surface area contributed by atoms with Gasteiger partial charge in [-0.2, -0.15) is 0 Å². The standard InChI is InChI=1S/C37H53N13O4S2/c1-2-23-22-46-29(35(54)50-28-12-8-10-26(33(28)56-20-16-39)48-31(52)14-4-6-18-45-37(42)43)21-24(23)34(53)49-27-11-7-9-25(32(27)55-19-15-38)47-30(51)13-3-5-17-44-36(40)41/h7-12,21-22H,2-6,13-20,38-39H2,1H3,(H,47,51)(H,48,52)(H,49,53)(H,50,54)(H4,40,41,44)(H4,42,43,45). The second-order valence-corrected chi connectivity index (χ2v) is 14.5. The number of nitrogens with one attached hydrogen (secondary N) is 4. The molecule has 0 radical (unpaired) electrons. The first kappa shape index (κ1) is 45.0. The fraction of sp³-hybridized carbons (Fsp3) is 0.378. The Bertz CT molecular complexity index is 1870. The first-order valence-corrected chi connectivity index (χ1v) is 20.2. The number of nitrogens with zero attached hydrogens (tertiary/aromatic N) is 3. The first-order valence-electron chi connectivity index (χ1n) is 18.2. The molecule has 56 heavy (non-hydrogen) atoms. The number of hydrogen-bond donors (Lipinski definition) is 10. The smallest absolute Gasteiger partial charge is 0.274 e. The molecule has 0 saturated heterocycles. The number of aryl methyl sites for hydroxylation is 1. The number of carbonyl (C=O) groups is 4. The highest BCUT2D eigenvalue weighted by molar-refractivity contribution is 7.99. The summed E-state index contributed by atoms with van der Waals surface area (Å²) in [5, 5.41) is 11.8. The van der Waals surface area contributed by atoms with Crippen LogP contribution in [0.5, 0.6) is 0 Å². The van der Waals surface area contributed by atoms with Crippen LogP contribution in [-0.2, 0) is 16.0 Å². The minimum atomic E-state index is -0.554. The number of thioether (sulfide) groups is 2. The third kappa shape index (κ3) is 15.0. The molecule has 0 aliphatic heterocycles. The van der Waals surface area contributed by atoms with Crippen LogP contribution in [-0.4, -0.2) is 78.2 Å². The number of amides is 4. The molecule has 4 amide bonds. The van der Waals surface area contributed by atoms with Gasteiger partial charge in [-0.3, -0.25) is 34.1 Å². The Morgan fingerprint density at radius 1 is 0.661 bits per heavy atom. The summed E-state index contributed by atoms with van der Waals surface area (Å²) in [7, 11) is 0. The molecule has 0 aliphatic carbocycles. The molecular formula is C37H53N13O4S2. The number of unbranched alkanes of at least 4 members (excludes halogenated alkanes) is 2. The number of rotatable bonds is 23. The number of hydrogen-bond acceptors (Lipinski definition) is 11. The topological polar surface area (TPSA) is 310 Å². The van der Waals surface area contributed by atoms with Crippen LogP contribution in [0, 0.1) is 0 Å². The van der Waals surface area contributed by atoms with E-state index in [1.807, 2.05) is 6.92 Å². The van der Waals surface area contributed by atoms with Gasteiger partial charge in [-0.25, -0.2) is 0 Å². The van der Waals surface area contributed by atoms with Gasteiger partial charge in [0.05, 0.1) is 32.5 Å². The van der Waals surface area contributed by atoms with Crippen molar-refractivity contribution >= 4 is 81.8 Å². The Morgan fingerprint density at radius 3 is 1.54 bits per heavy atom. The molecule has 3 rings (SSSR count). The second kappa shape index (κ2) is 24.2. The number of carbonyl (C=O) groups excluding carboxylic acids is 4. The van der Waals surface area contributed by atoms with Crippen molar-refractivity contribution in [3.63, 3.8) is 0 Å². The van der Waals surface area contributed by atoms with Crippen molar-refractivity contribution in [2.75, 3.05) is 59.0 Å². The van der Waals surface area contributed by atoms with Crippen molar-refractivity contribution in [1.82, 2.24) is 4.98 Å². The Balaban J connectivity index is 1.81. The molecular weight excluding hydrogens is 755 g/mol. The molecule has 16 N–H and O–H groups in total. The molecule has 2 aromatic carbocycles. The van der Waals surface area contributed by atoms with Gasteiger partial charge in [0.25, 0.3) is 11.8 Å². The first-order chi connectivity index (χ1) is 27.0. The van der Waals surface area contributed by atoms with Gasteiger partial charge in [-0.15, -0.1) is 23.5 Å². The number of anilines is 4. The number of aliphatic imine (C=N–C) groups is 2. The molecule has 0 spiro atoms. The van der Waals surface area contributed by atoms with E-state index in [1.165, 1.54) is 35.8 Å². The lowest BCUT2D eigenvalue weighted by atomic mass is 10.1. The molecule has 3 aromatic rings. The highest BCUT2D eigenvalue weighted by Gasteiger charge is 2.21. The van der Waals surface area contributed by atoms with Gasteiger partial charge >= 0.3 is 0 Å². The van der Waals surface area contributed by atoms with Gasteiger partial charge in [0.15, 0.2) is 11.9 Å². The highest BCUT2D eigenvalue weighted by atomic mass is 32.2. The van der Waals surface area contributed by atoms with Gasteiger partial charge in [0.2, 0.25) is 11.8 Å². The molecule has 1 heterocycles. The molecule has 0 aliphatic rings. The summed E-state index contributed by atoms with van der Waals surface area (Å²) in [6, 6.07) is 11.9. The van der Waals surface area contributed by atoms with Gasteiger partial charge in [-0.1, -0.05) is 19.1 Å². The zero-order valence-electron chi connectivity index (χ0n) is 31.6. The lowest BCUT2D eigenvalue weighted by Gasteiger charge is -2.17. The summed E-state index contributed by atoms with van der Waals surface area (Å²) in [4.78, 5) is 66.7. The van der Waals surface area contributed by atoms with E-state index in [1.54, 1.807) is 36.4 Å². The van der Waals surface area contributed by atoms with E-state index in [9.17, 15) is 19.2 Å². The van der Waals surface area contributed by atoms with Crippen LogP contribution >= 0.6 is 23.5 Å². The number of benzene rings is 2. The number of aromatic nitrogens is 1. The molecule has 0 bridgehead atoms. The summed E-state index contributed by atoms with van der Waals surface area (Å²) < 4.78 is 0. The van der Waals surface area contributed by atoms with Crippen LogP contribution < -0.4 is 55.7 Å². The van der Waals surface area contributed by atoms with Crippen LogP contribution in [0.15, 0.2) is 68.4 Å². The van der Waals surface area contributed by atoms with E-state index in [0.29, 0.717) is 108 Å². The Labute approximate surface area is 335 Å². The predicted octanol–water partition coefficient (Wildman–Crippen LogP) is 3.01. The van der Waals surface area contributed by atoms with E-state index in [-0.39, 0.29) is 47.8 Å². The minimum Gasteiger partial charge on any atom is -0.370 e. The van der Waals surface area contributed by atoms with E-state index in [2.05, 4.69) is 36.2 Å². The monoisotopic (exact) mass is 807 g/mol. The van der Waals surface area contributed by atoms with E-state index in [4.69, 9.17) is 34.4 Å². The van der Waals surface area contributed by atoms with Crippen molar-refractivity contribution in [3.8, 4) is 0 Å². The van der Waals surface area contributed by atoms with Crippen LogP contribution in [0.4, 0.5) is 22.7 Å². The van der Waals surface area contributed by atoms with Crippen molar-refractivity contribution in [2.45, 2.75) is 61.7 Å². The maximum atomic E-state index is 13.9. The van der Waals surface area contributed by atoms with Crippen molar-refractivity contribution in [2.24, 2.45) is 44.4 Å². The fourth-order valence-corrected chi connectivity index (χ4v) is 6.96. The Hall–Kier alpha value is -5.37. The van der Waals surface area contributed by atoms with Crippen LogP contribution in [0.25, 0.3) is 0 Å². The minimum absolute atomic E-state index is 0.00697. The van der Waals surface area contributed by atoms with Crippen molar-refractivity contribution in [1.29, 1.82) is 0 Å². The lowest BCUT2D eigenvalue weighted by molar-refractivity contribution is -0.117. The maximum absolute atomic E-state index is 13.9. The highest BCUT2D eigenvalue weighted by Crippen LogP contribution is 2.36. The zero-order chi connectivity index (χ0) is 40.9. The summed E-state index contributed by atoms with van der Waals surface area (Å²) in [6.45, 7) is 3.48. The van der Waals surface area contributed by atoms with Crippen LogP contribution in [0.1, 0.15) is 71.9 Å². The SMILES string of the molecule is CCc1cnc(C(=O)Nc2cccc(NC(=O)CCCCN=C(N)N)c2SCCN)cc1C(=O)Nc1cccc(NC(=O)CCCCN=C(N)N)c1SCCN. The molecule has 1 aromatic heterocycles. The summed E-state index contributed by atoms with van der Waals surface area (Å²) >= 11 is 2.79. The summed E-state index contributed by atoms with van der Waals surface area (Å²) in [5.41, 5.74) is 35.9. The fourth-order valence-electron chi connectivity index (χ4n) is 5.21. The Morgan fingerprint density at radius 2 is 1.11 bits per heavy atom.